The van der Waals surface area contributed by atoms with Gasteiger partial charge in [-0.2, -0.15) is 0 Å². The second kappa shape index (κ2) is 12.7. The molecule has 202 valence electrons. The van der Waals surface area contributed by atoms with Crippen molar-refractivity contribution in [2.24, 2.45) is 0 Å². The number of hydrogen-bond donors (Lipinski definition) is 1. The summed E-state index contributed by atoms with van der Waals surface area (Å²) in [6, 6.07) is 10.0. The Morgan fingerprint density at radius 3 is 2.32 bits per heavy atom. The summed E-state index contributed by atoms with van der Waals surface area (Å²) in [4.78, 5) is 30.1. The third-order valence-electron chi connectivity index (χ3n) is 7.14. The molecule has 1 aliphatic heterocycles. The van der Waals surface area contributed by atoms with E-state index in [0.29, 0.717) is 10.6 Å². The number of ether oxygens (including phenoxy) is 1. The number of rotatable bonds is 9. The lowest BCUT2D eigenvalue weighted by molar-refractivity contribution is -0.133. The Morgan fingerprint density at radius 1 is 1.08 bits per heavy atom. The molecule has 1 aliphatic rings. The number of fused-ring (bicyclic) bond motifs is 1. The summed E-state index contributed by atoms with van der Waals surface area (Å²) >= 11 is 0. The molecular formula is C28H40N4O4S. The molecule has 1 heterocycles. The fraction of sp³-hybridized carbons (Fsp3) is 0.500. The molecule has 0 saturated heterocycles. The van der Waals surface area contributed by atoms with E-state index in [1.165, 1.54) is 15.4 Å². The van der Waals surface area contributed by atoms with Crippen LogP contribution in [0.25, 0.3) is 0 Å². The summed E-state index contributed by atoms with van der Waals surface area (Å²) in [7, 11) is 5.60. The molecule has 0 saturated carbocycles. The van der Waals surface area contributed by atoms with Crippen molar-refractivity contribution >= 4 is 22.8 Å². The Morgan fingerprint density at radius 2 is 1.70 bits per heavy atom. The van der Waals surface area contributed by atoms with Crippen LogP contribution < -0.4 is 10.1 Å². The summed E-state index contributed by atoms with van der Waals surface area (Å²) < 4.78 is 19.8. The first-order chi connectivity index (χ1) is 17.5. The SMILES string of the molecule is COc1cc(C)c(S(=O)N(C)CC(=O)NCC(=O)N(C)C(C)c2ccc3c(c2)CCN(C)CC3)c(C)c1. The van der Waals surface area contributed by atoms with E-state index in [2.05, 4.69) is 35.5 Å². The topological polar surface area (TPSA) is 82.2 Å². The van der Waals surface area contributed by atoms with Gasteiger partial charge in [0.05, 0.1) is 31.1 Å². The van der Waals surface area contributed by atoms with E-state index in [9.17, 15) is 13.8 Å². The van der Waals surface area contributed by atoms with Crippen LogP contribution in [0.4, 0.5) is 0 Å². The molecule has 37 heavy (non-hydrogen) atoms. The Hall–Kier alpha value is -2.75. The van der Waals surface area contributed by atoms with Crippen LogP contribution in [0.15, 0.2) is 35.2 Å². The van der Waals surface area contributed by atoms with Crippen molar-refractivity contribution in [3.63, 3.8) is 0 Å². The lowest BCUT2D eigenvalue weighted by Crippen LogP contribution is -2.42. The van der Waals surface area contributed by atoms with Crippen molar-refractivity contribution in [3.8, 4) is 5.75 Å². The van der Waals surface area contributed by atoms with Crippen molar-refractivity contribution in [2.75, 3.05) is 54.4 Å². The lowest BCUT2D eigenvalue weighted by atomic mass is 9.97. The fourth-order valence-electron chi connectivity index (χ4n) is 4.63. The second-order valence-electron chi connectivity index (χ2n) is 9.91. The standard InChI is InChI=1S/C28H40N4O4S/c1-19-14-25(36-7)15-20(2)28(19)37(35)31(5)18-26(33)29-17-27(34)32(6)21(3)23-9-8-22-10-12-30(4)13-11-24(22)16-23/h8-9,14-16,21H,10-13,17-18H2,1-7H3,(H,29,33). The zero-order valence-electron chi connectivity index (χ0n) is 23.1. The predicted octanol–water partition coefficient (Wildman–Crippen LogP) is 2.63. The van der Waals surface area contributed by atoms with Crippen LogP contribution in [-0.4, -0.2) is 84.6 Å². The largest absolute Gasteiger partial charge is 0.497 e. The zero-order valence-corrected chi connectivity index (χ0v) is 23.9. The summed E-state index contributed by atoms with van der Waals surface area (Å²) in [6.07, 6.45) is 2.04. The molecule has 9 heteroatoms. The van der Waals surface area contributed by atoms with Crippen LogP contribution in [0.1, 0.15) is 40.8 Å². The van der Waals surface area contributed by atoms with E-state index in [1.54, 1.807) is 26.1 Å². The van der Waals surface area contributed by atoms with E-state index < -0.39 is 11.0 Å². The zero-order chi connectivity index (χ0) is 27.3. The maximum Gasteiger partial charge on any atom is 0.242 e. The van der Waals surface area contributed by atoms with Gasteiger partial charge in [0, 0.05) is 27.2 Å². The molecule has 2 unspecified atom stereocenters. The molecule has 0 bridgehead atoms. The summed E-state index contributed by atoms with van der Waals surface area (Å²) in [5.41, 5.74) is 5.48. The minimum atomic E-state index is -1.52. The quantitative estimate of drug-likeness (QED) is 0.541. The van der Waals surface area contributed by atoms with Gasteiger partial charge in [0.25, 0.3) is 0 Å². The monoisotopic (exact) mass is 528 g/mol. The second-order valence-corrected chi connectivity index (χ2v) is 11.4. The Balaban J connectivity index is 1.55. The molecule has 0 fully saturated rings. The third kappa shape index (κ3) is 7.18. The molecule has 3 rings (SSSR count). The number of amides is 2. The number of hydrogen-bond acceptors (Lipinski definition) is 5. The van der Waals surface area contributed by atoms with Crippen LogP contribution in [-0.2, 0) is 33.4 Å². The van der Waals surface area contributed by atoms with Crippen LogP contribution >= 0.6 is 0 Å². The van der Waals surface area contributed by atoms with E-state index in [1.807, 2.05) is 32.9 Å². The van der Waals surface area contributed by atoms with E-state index in [4.69, 9.17) is 4.74 Å². The predicted molar refractivity (Wildman–Crippen MR) is 147 cm³/mol. The van der Waals surface area contributed by atoms with Gasteiger partial charge in [-0.05, 0) is 80.6 Å². The molecule has 0 radical (unpaired) electrons. The van der Waals surface area contributed by atoms with Crippen molar-refractivity contribution in [2.45, 2.75) is 44.6 Å². The van der Waals surface area contributed by atoms with Crippen LogP contribution in [0.3, 0.4) is 0 Å². The normalized spacial score (nSPS) is 15.5. The number of likely N-dealkylation sites (N-methyl/N-ethyl adjacent to an activating group) is 3. The first-order valence-electron chi connectivity index (χ1n) is 12.6. The number of carbonyl (C=O) groups excluding carboxylic acids is 2. The molecule has 2 aromatic rings. The van der Waals surface area contributed by atoms with Gasteiger partial charge in [0.1, 0.15) is 16.7 Å². The molecule has 1 N–H and O–H groups in total. The Labute approximate surface area is 223 Å². The molecular weight excluding hydrogens is 488 g/mol. The fourth-order valence-corrected chi connectivity index (χ4v) is 5.85. The van der Waals surface area contributed by atoms with E-state index in [-0.39, 0.29) is 30.9 Å². The molecule has 8 nitrogen and oxygen atoms in total. The van der Waals surface area contributed by atoms with Gasteiger partial charge in [0.15, 0.2) is 0 Å². The molecule has 0 aromatic heterocycles. The van der Waals surface area contributed by atoms with Gasteiger partial charge in [-0.25, -0.2) is 8.51 Å². The van der Waals surface area contributed by atoms with E-state index >= 15 is 0 Å². The number of carbonyl (C=O) groups is 2. The van der Waals surface area contributed by atoms with Crippen LogP contribution in [0.2, 0.25) is 0 Å². The summed E-state index contributed by atoms with van der Waals surface area (Å²) in [5, 5.41) is 2.69. The number of methoxy groups -OCH3 is 1. The van der Waals surface area contributed by atoms with Crippen LogP contribution in [0, 0.1) is 13.8 Å². The lowest BCUT2D eigenvalue weighted by Gasteiger charge is -2.26. The number of aryl methyl sites for hydroxylation is 2. The number of nitrogens with one attached hydrogen (secondary N) is 1. The third-order valence-corrected chi connectivity index (χ3v) is 8.83. The summed E-state index contributed by atoms with van der Waals surface area (Å²) in [6.45, 7) is 7.62. The Bertz CT molecular complexity index is 1150. The highest BCUT2D eigenvalue weighted by Gasteiger charge is 2.22. The average Bonchev–Trinajstić information content (AvgIpc) is 3.06. The van der Waals surface area contributed by atoms with Gasteiger partial charge in [-0.3, -0.25) is 9.59 Å². The van der Waals surface area contributed by atoms with Gasteiger partial charge in [-0.1, -0.05) is 18.2 Å². The highest BCUT2D eigenvalue weighted by atomic mass is 32.2. The van der Waals surface area contributed by atoms with Crippen molar-refractivity contribution in [3.05, 3.63) is 58.1 Å². The maximum absolute atomic E-state index is 13.1. The van der Waals surface area contributed by atoms with E-state index in [0.717, 1.165) is 42.6 Å². The Kier molecular flexibility index (Phi) is 9.87. The molecule has 0 spiro atoms. The molecule has 2 atom stereocenters. The van der Waals surface area contributed by atoms with Gasteiger partial charge in [0.2, 0.25) is 11.8 Å². The minimum Gasteiger partial charge on any atom is -0.497 e. The van der Waals surface area contributed by atoms with Gasteiger partial charge >= 0.3 is 0 Å². The molecule has 0 aliphatic carbocycles. The molecule has 2 aromatic carbocycles. The first kappa shape index (κ1) is 28.8. The number of nitrogens with zero attached hydrogens (tertiary/aromatic N) is 3. The maximum atomic E-state index is 13.1. The average molecular weight is 529 g/mol. The smallest absolute Gasteiger partial charge is 0.242 e. The first-order valence-corrected chi connectivity index (χ1v) is 13.7. The van der Waals surface area contributed by atoms with Gasteiger partial charge in [-0.15, -0.1) is 0 Å². The van der Waals surface area contributed by atoms with Crippen molar-refractivity contribution in [1.82, 2.24) is 19.4 Å². The highest BCUT2D eigenvalue weighted by Crippen LogP contribution is 2.26. The van der Waals surface area contributed by atoms with Crippen LogP contribution in [0.5, 0.6) is 5.75 Å². The van der Waals surface area contributed by atoms with Gasteiger partial charge < -0.3 is 19.9 Å². The number of benzene rings is 2. The summed E-state index contributed by atoms with van der Waals surface area (Å²) in [5.74, 6) is 0.163. The van der Waals surface area contributed by atoms with Crippen molar-refractivity contribution < 1.29 is 18.5 Å². The minimum absolute atomic E-state index is 0.0939. The molecule has 2 amide bonds. The van der Waals surface area contributed by atoms with Crippen molar-refractivity contribution in [1.29, 1.82) is 0 Å². The highest BCUT2D eigenvalue weighted by molar-refractivity contribution is 7.82.